The van der Waals surface area contributed by atoms with Gasteiger partial charge in [0.05, 0.1) is 17.2 Å². The van der Waals surface area contributed by atoms with Crippen LogP contribution in [-0.4, -0.2) is 94.4 Å². The standard InChI is InChI=1S/C29H32N6O2S.2C2HF3O2/c1-35(2)13-12-31-28(36)24-15-23(22-8-10-30-11-9-22)16-25(17-24)34-29(37)27(14-21-6-4-3-5-7-21)32-18-26-19-38-20-33-26;2*3-2(4,5)1(6)7/h3-11,15-17,19-20,27,32H,12-14,18H2,1-2H3,(H,31,36)(H,34,37);2*(H,6,7)/t27-;;/m0../s1. The Bertz CT molecular complexity index is 1700. The zero-order chi connectivity index (χ0) is 38.9. The number of rotatable bonds is 12. The molecule has 0 aliphatic heterocycles. The summed E-state index contributed by atoms with van der Waals surface area (Å²) in [6, 6.07) is 18.6. The molecule has 2 aromatic heterocycles. The highest BCUT2D eigenvalue weighted by Gasteiger charge is 2.38. The molecule has 12 nitrogen and oxygen atoms in total. The van der Waals surface area contributed by atoms with Crippen LogP contribution in [-0.2, 0) is 27.3 Å². The molecule has 5 N–H and O–H groups in total. The fraction of sp³-hybridized carbons (Fsp3) is 0.273. The van der Waals surface area contributed by atoms with Crippen LogP contribution in [0.25, 0.3) is 11.1 Å². The topological polar surface area (TPSA) is 174 Å². The molecule has 280 valence electrons. The van der Waals surface area contributed by atoms with Crippen molar-refractivity contribution in [3.8, 4) is 11.1 Å². The third-order valence-corrected chi connectivity index (χ3v) is 7.05. The first kappa shape index (κ1) is 42.8. The van der Waals surface area contributed by atoms with E-state index in [1.165, 1.54) is 11.3 Å². The molecule has 4 aromatic rings. The van der Waals surface area contributed by atoms with Crippen molar-refractivity contribution in [2.45, 2.75) is 31.4 Å². The fourth-order valence-corrected chi connectivity index (χ4v) is 4.48. The lowest BCUT2D eigenvalue weighted by Gasteiger charge is -2.19. The van der Waals surface area contributed by atoms with Gasteiger partial charge in [-0.05, 0) is 67.5 Å². The van der Waals surface area contributed by atoms with Crippen LogP contribution in [0, 0.1) is 0 Å². The summed E-state index contributed by atoms with van der Waals surface area (Å²) in [6.45, 7) is 1.73. The Labute approximate surface area is 297 Å². The molecule has 0 unspecified atom stereocenters. The van der Waals surface area contributed by atoms with Gasteiger partial charge < -0.3 is 25.7 Å². The maximum atomic E-state index is 13.5. The van der Waals surface area contributed by atoms with Gasteiger partial charge in [-0.15, -0.1) is 11.3 Å². The van der Waals surface area contributed by atoms with Crippen molar-refractivity contribution >= 4 is 40.8 Å². The van der Waals surface area contributed by atoms with E-state index in [0.29, 0.717) is 30.8 Å². The van der Waals surface area contributed by atoms with Gasteiger partial charge in [0.15, 0.2) is 0 Å². The van der Waals surface area contributed by atoms with Crippen molar-refractivity contribution in [1.82, 2.24) is 25.5 Å². The quantitative estimate of drug-likeness (QED) is 0.122. The Morgan fingerprint density at radius 3 is 1.98 bits per heavy atom. The SMILES string of the molecule is CN(C)CCNC(=O)c1cc(NC(=O)[C@H](Cc2ccccc2)NCc2cscn2)cc(-c2ccncc2)c1.O=C(O)C(F)(F)F.O=C(O)C(F)(F)F. The Kier molecular flexibility index (Phi) is 16.8. The molecule has 0 saturated heterocycles. The van der Waals surface area contributed by atoms with E-state index in [9.17, 15) is 35.9 Å². The molecule has 19 heteroatoms. The average molecular weight is 757 g/mol. The van der Waals surface area contributed by atoms with Gasteiger partial charge in [0.25, 0.3) is 5.91 Å². The number of halogens is 6. The van der Waals surface area contributed by atoms with Crippen LogP contribution >= 0.6 is 11.3 Å². The third-order valence-electron chi connectivity index (χ3n) is 6.42. The van der Waals surface area contributed by atoms with Gasteiger partial charge in [-0.1, -0.05) is 30.3 Å². The van der Waals surface area contributed by atoms with E-state index in [4.69, 9.17) is 19.8 Å². The third kappa shape index (κ3) is 16.1. The highest BCUT2D eigenvalue weighted by Crippen LogP contribution is 2.25. The van der Waals surface area contributed by atoms with Gasteiger partial charge >= 0.3 is 24.3 Å². The number of hydrogen-bond donors (Lipinski definition) is 5. The molecule has 2 amide bonds. The smallest absolute Gasteiger partial charge is 0.475 e. The molecule has 4 rings (SSSR count). The number of likely N-dealkylation sites (N-methyl/N-ethyl adjacent to an activating group) is 1. The number of alkyl halides is 6. The molecule has 0 saturated carbocycles. The zero-order valence-corrected chi connectivity index (χ0v) is 28.4. The first-order valence-corrected chi connectivity index (χ1v) is 15.8. The molecular formula is C33H34F6N6O6S. The van der Waals surface area contributed by atoms with Crippen LogP contribution in [0.2, 0.25) is 0 Å². The molecule has 0 fully saturated rings. The highest BCUT2D eigenvalue weighted by molar-refractivity contribution is 7.07. The summed E-state index contributed by atoms with van der Waals surface area (Å²) in [5, 5.41) is 25.6. The fourth-order valence-electron chi connectivity index (χ4n) is 3.93. The van der Waals surface area contributed by atoms with Crippen molar-refractivity contribution in [3.63, 3.8) is 0 Å². The predicted octanol–water partition coefficient (Wildman–Crippen LogP) is 5.10. The van der Waals surface area contributed by atoms with Crippen LogP contribution in [0.4, 0.5) is 32.0 Å². The lowest BCUT2D eigenvalue weighted by Crippen LogP contribution is -2.42. The lowest BCUT2D eigenvalue weighted by atomic mass is 10.0. The zero-order valence-electron chi connectivity index (χ0n) is 27.5. The van der Waals surface area contributed by atoms with Crippen molar-refractivity contribution in [2.75, 3.05) is 32.5 Å². The summed E-state index contributed by atoms with van der Waals surface area (Å²) < 4.78 is 63.5. The Morgan fingerprint density at radius 1 is 0.865 bits per heavy atom. The maximum absolute atomic E-state index is 13.5. The monoisotopic (exact) mass is 756 g/mol. The van der Waals surface area contributed by atoms with Crippen molar-refractivity contribution in [3.05, 3.63) is 101 Å². The minimum Gasteiger partial charge on any atom is -0.475 e. The number of aromatic nitrogens is 2. The first-order valence-electron chi connectivity index (χ1n) is 14.9. The number of nitrogens with one attached hydrogen (secondary N) is 3. The summed E-state index contributed by atoms with van der Waals surface area (Å²) in [5.74, 6) is -5.89. The largest absolute Gasteiger partial charge is 0.490 e. The van der Waals surface area contributed by atoms with Crippen LogP contribution < -0.4 is 16.0 Å². The molecule has 0 aliphatic carbocycles. The molecule has 0 bridgehead atoms. The molecule has 0 spiro atoms. The predicted molar refractivity (Wildman–Crippen MR) is 179 cm³/mol. The lowest BCUT2D eigenvalue weighted by molar-refractivity contribution is -0.193. The summed E-state index contributed by atoms with van der Waals surface area (Å²) >= 11 is 1.52. The minimum absolute atomic E-state index is 0.185. The summed E-state index contributed by atoms with van der Waals surface area (Å²) in [5.41, 5.74) is 6.46. The number of pyridine rings is 1. The van der Waals surface area contributed by atoms with E-state index in [1.54, 1.807) is 24.0 Å². The van der Waals surface area contributed by atoms with Crippen LogP contribution in [0.5, 0.6) is 0 Å². The second kappa shape index (κ2) is 20.4. The number of carbonyl (C=O) groups is 4. The molecule has 2 heterocycles. The number of anilines is 1. The first-order chi connectivity index (χ1) is 24.4. The van der Waals surface area contributed by atoms with E-state index in [2.05, 4.69) is 25.9 Å². The van der Waals surface area contributed by atoms with Gasteiger partial charge in [-0.2, -0.15) is 26.3 Å². The maximum Gasteiger partial charge on any atom is 0.490 e. The van der Waals surface area contributed by atoms with E-state index in [-0.39, 0.29) is 11.8 Å². The Morgan fingerprint density at radius 2 is 1.46 bits per heavy atom. The van der Waals surface area contributed by atoms with Gasteiger partial charge in [-0.25, -0.2) is 14.6 Å². The van der Waals surface area contributed by atoms with Crippen LogP contribution in [0.3, 0.4) is 0 Å². The average Bonchev–Trinajstić information content (AvgIpc) is 3.60. The van der Waals surface area contributed by atoms with Gasteiger partial charge in [-0.3, -0.25) is 19.9 Å². The summed E-state index contributed by atoms with van der Waals surface area (Å²) in [7, 11) is 3.91. The van der Waals surface area contributed by atoms with E-state index >= 15 is 0 Å². The molecule has 0 radical (unpaired) electrons. The second-order valence-corrected chi connectivity index (χ2v) is 11.5. The van der Waals surface area contributed by atoms with Crippen LogP contribution in [0.1, 0.15) is 21.6 Å². The summed E-state index contributed by atoms with van der Waals surface area (Å²) in [4.78, 5) is 54.7. The molecule has 52 heavy (non-hydrogen) atoms. The number of hydrogen-bond acceptors (Lipinski definition) is 9. The van der Waals surface area contributed by atoms with Crippen molar-refractivity contribution in [2.24, 2.45) is 0 Å². The van der Waals surface area contributed by atoms with E-state index in [0.717, 1.165) is 28.9 Å². The molecule has 0 aliphatic rings. The Balaban J connectivity index is 0.000000564. The minimum atomic E-state index is -5.08. The van der Waals surface area contributed by atoms with Gasteiger partial charge in [0, 0.05) is 48.7 Å². The van der Waals surface area contributed by atoms with Gasteiger partial charge in [0.2, 0.25) is 5.91 Å². The highest BCUT2D eigenvalue weighted by atomic mass is 32.1. The molecule has 1 atom stereocenters. The number of carboxylic acid groups (broad SMARTS) is 2. The Hall–Kier alpha value is -5.40. The number of thiazole rings is 1. The number of nitrogens with zero attached hydrogens (tertiary/aromatic N) is 3. The molecule has 2 aromatic carbocycles. The van der Waals surface area contributed by atoms with E-state index in [1.807, 2.05) is 79.0 Å². The number of benzene rings is 2. The number of amides is 2. The normalized spacial score (nSPS) is 11.6. The number of carbonyl (C=O) groups excluding carboxylic acids is 2. The molecular weight excluding hydrogens is 722 g/mol. The summed E-state index contributed by atoms with van der Waals surface area (Å²) in [6.07, 6.45) is -6.25. The second-order valence-electron chi connectivity index (χ2n) is 10.8. The van der Waals surface area contributed by atoms with Crippen molar-refractivity contribution in [1.29, 1.82) is 0 Å². The van der Waals surface area contributed by atoms with Gasteiger partial charge in [0.1, 0.15) is 0 Å². The van der Waals surface area contributed by atoms with Crippen LogP contribution in [0.15, 0.2) is 83.9 Å². The van der Waals surface area contributed by atoms with Crippen molar-refractivity contribution < 1.29 is 55.7 Å². The number of aliphatic carboxylic acids is 2. The number of carboxylic acids is 2. The van der Waals surface area contributed by atoms with E-state index < -0.39 is 30.3 Å².